The van der Waals surface area contributed by atoms with Gasteiger partial charge in [-0.25, -0.2) is 0 Å². The minimum Gasteiger partial charge on any atom is -0.459 e. The molecule has 28 heavy (non-hydrogen) atoms. The zero-order valence-corrected chi connectivity index (χ0v) is 15.9. The molecule has 1 aliphatic carbocycles. The first kappa shape index (κ1) is 17.4. The third-order valence-electron chi connectivity index (χ3n) is 5.69. The van der Waals surface area contributed by atoms with Crippen LogP contribution in [0.2, 0.25) is 5.02 Å². The monoisotopic (exact) mass is 398 g/mol. The van der Waals surface area contributed by atoms with E-state index >= 15 is 0 Å². The van der Waals surface area contributed by atoms with Gasteiger partial charge in [0.25, 0.3) is 5.91 Å². The number of amides is 1. The highest BCUT2D eigenvalue weighted by atomic mass is 35.5. The van der Waals surface area contributed by atoms with E-state index in [4.69, 9.17) is 20.8 Å². The predicted molar refractivity (Wildman–Crippen MR) is 103 cm³/mol. The van der Waals surface area contributed by atoms with Crippen molar-refractivity contribution in [3.8, 4) is 0 Å². The van der Waals surface area contributed by atoms with Crippen molar-refractivity contribution in [2.75, 3.05) is 6.54 Å². The highest BCUT2D eigenvalue weighted by molar-refractivity contribution is 6.31. The van der Waals surface area contributed by atoms with E-state index in [0.717, 1.165) is 41.4 Å². The molecule has 2 aromatic heterocycles. The number of H-pyrrole nitrogens is 1. The van der Waals surface area contributed by atoms with Crippen LogP contribution >= 0.6 is 11.6 Å². The van der Waals surface area contributed by atoms with Crippen LogP contribution < -0.4 is 0 Å². The largest absolute Gasteiger partial charge is 0.459 e. The first-order valence-corrected chi connectivity index (χ1v) is 9.84. The quantitative estimate of drug-likeness (QED) is 0.661. The first-order valence-electron chi connectivity index (χ1n) is 9.47. The fourth-order valence-electron chi connectivity index (χ4n) is 3.95. The molecule has 1 saturated carbocycles. The summed E-state index contributed by atoms with van der Waals surface area (Å²) in [6.45, 7) is 0.425. The summed E-state index contributed by atoms with van der Waals surface area (Å²) in [7, 11) is 0. The highest BCUT2D eigenvalue weighted by Crippen LogP contribution is 2.38. The molecule has 3 heterocycles. The second kappa shape index (κ2) is 6.71. The lowest BCUT2D eigenvalue weighted by atomic mass is 9.85. The summed E-state index contributed by atoms with van der Waals surface area (Å²) in [6.07, 6.45) is 4.01. The van der Waals surface area contributed by atoms with Gasteiger partial charge in [0.2, 0.25) is 6.23 Å². The van der Waals surface area contributed by atoms with Gasteiger partial charge in [-0.1, -0.05) is 18.0 Å². The summed E-state index contributed by atoms with van der Waals surface area (Å²) in [4.78, 5) is 30.5. The van der Waals surface area contributed by atoms with Gasteiger partial charge in [-0.3, -0.25) is 14.5 Å². The molecule has 0 spiro atoms. The molecule has 6 nitrogen and oxygen atoms in total. The molecule has 1 atom stereocenters. The summed E-state index contributed by atoms with van der Waals surface area (Å²) in [6, 6.07) is 8.91. The summed E-state index contributed by atoms with van der Waals surface area (Å²) < 4.78 is 11.2. The molecule has 1 fully saturated rings. The molecule has 5 rings (SSSR count). The van der Waals surface area contributed by atoms with Crippen LogP contribution in [0.15, 0.2) is 41.0 Å². The van der Waals surface area contributed by atoms with Crippen molar-refractivity contribution >= 4 is 34.4 Å². The molecule has 144 valence electrons. The van der Waals surface area contributed by atoms with E-state index in [1.54, 1.807) is 17.0 Å². The van der Waals surface area contributed by atoms with Crippen LogP contribution in [0.3, 0.4) is 0 Å². The van der Waals surface area contributed by atoms with E-state index in [1.807, 2.05) is 18.2 Å². The number of aromatic amines is 1. The zero-order valence-electron chi connectivity index (χ0n) is 15.1. The van der Waals surface area contributed by atoms with E-state index < -0.39 is 6.23 Å². The maximum atomic E-state index is 13.0. The number of halogens is 1. The molecular formula is C21H19ClN2O4. The molecule has 0 radical (unpaired) electrons. The summed E-state index contributed by atoms with van der Waals surface area (Å²) in [5, 5.41) is 1.64. The van der Waals surface area contributed by atoms with Crippen molar-refractivity contribution < 1.29 is 18.7 Å². The fourth-order valence-corrected chi connectivity index (χ4v) is 4.12. The number of aromatic nitrogens is 1. The molecule has 2 aliphatic rings. The molecule has 1 amide bonds. The van der Waals surface area contributed by atoms with Crippen LogP contribution in [0.4, 0.5) is 0 Å². The number of hydrogen-bond acceptors (Lipinski definition) is 4. The Morgan fingerprint density at radius 1 is 1.25 bits per heavy atom. The number of carbonyl (C=O) groups is 2. The van der Waals surface area contributed by atoms with Crippen LogP contribution in [0.5, 0.6) is 0 Å². The van der Waals surface area contributed by atoms with Gasteiger partial charge >= 0.3 is 5.97 Å². The zero-order chi connectivity index (χ0) is 19.3. The fraction of sp³-hybridized carbons (Fsp3) is 0.333. The van der Waals surface area contributed by atoms with E-state index in [2.05, 4.69) is 4.98 Å². The number of ether oxygens (including phenoxy) is 1. The lowest BCUT2D eigenvalue weighted by Gasteiger charge is -2.36. The minimum atomic E-state index is -0.805. The Kier molecular flexibility index (Phi) is 4.16. The standard InChI is InChI=1S/C21H19ClN2O4/c22-13-6-7-16-15(11-13)14-8-9-24(19(25)17-5-2-10-27-17)20(18(14)23-16)28-21(26)12-3-1-4-12/h2,5-7,10-12,20,23H,1,3-4,8-9H2. The van der Waals surface area contributed by atoms with Gasteiger partial charge < -0.3 is 14.1 Å². The van der Waals surface area contributed by atoms with Crippen LogP contribution in [0, 0.1) is 5.92 Å². The van der Waals surface area contributed by atoms with E-state index in [-0.39, 0.29) is 23.6 Å². The number of carbonyl (C=O) groups excluding carboxylic acids is 2. The Labute approximate surface area is 166 Å². The Morgan fingerprint density at radius 2 is 2.11 bits per heavy atom. The molecule has 0 saturated heterocycles. The number of furan rings is 1. The Bertz CT molecular complexity index is 1050. The predicted octanol–water partition coefficient (Wildman–Crippen LogP) is 4.45. The number of hydrogen-bond donors (Lipinski definition) is 1. The summed E-state index contributed by atoms with van der Waals surface area (Å²) in [5.41, 5.74) is 2.68. The van der Waals surface area contributed by atoms with E-state index in [1.165, 1.54) is 6.26 Å². The topological polar surface area (TPSA) is 75.5 Å². The van der Waals surface area contributed by atoms with Crippen LogP contribution in [-0.2, 0) is 16.0 Å². The second-order valence-corrected chi connectivity index (χ2v) is 7.79. The number of nitrogens with one attached hydrogen (secondary N) is 1. The van der Waals surface area contributed by atoms with Gasteiger partial charge in [-0.05, 0) is 55.2 Å². The number of fused-ring (bicyclic) bond motifs is 3. The van der Waals surface area contributed by atoms with Crippen molar-refractivity contribution in [3.05, 3.63) is 58.6 Å². The Balaban J connectivity index is 1.56. The summed E-state index contributed by atoms with van der Waals surface area (Å²) >= 11 is 6.18. The lowest BCUT2D eigenvalue weighted by Crippen LogP contribution is -2.43. The van der Waals surface area contributed by atoms with Crippen molar-refractivity contribution in [1.29, 1.82) is 0 Å². The van der Waals surface area contributed by atoms with Crippen molar-refractivity contribution in [2.24, 2.45) is 5.92 Å². The molecule has 7 heteroatoms. The Hall–Kier alpha value is -2.73. The van der Waals surface area contributed by atoms with Gasteiger partial charge in [-0.15, -0.1) is 0 Å². The molecule has 1 N–H and O–H groups in total. The highest BCUT2D eigenvalue weighted by Gasteiger charge is 2.39. The maximum Gasteiger partial charge on any atom is 0.311 e. The maximum absolute atomic E-state index is 13.0. The van der Waals surface area contributed by atoms with Gasteiger partial charge in [0.15, 0.2) is 5.76 Å². The van der Waals surface area contributed by atoms with Crippen LogP contribution in [-0.4, -0.2) is 28.3 Å². The number of rotatable bonds is 3. The number of benzene rings is 1. The number of esters is 1. The van der Waals surface area contributed by atoms with Crippen LogP contribution in [0.25, 0.3) is 10.9 Å². The Morgan fingerprint density at radius 3 is 2.82 bits per heavy atom. The molecule has 3 aromatic rings. The average Bonchev–Trinajstić information content (AvgIpc) is 3.28. The molecule has 1 aromatic carbocycles. The third-order valence-corrected chi connectivity index (χ3v) is 5.93. The first-order chi connectivity index (χ1) is 13.6. The van der Waals surface area contributed by atoms with Crippen LogP contribution in [0.1, 0.15) is 47.3 Å². The molecular weight excluding hydrogens is 380 g/mol. The summed E-state index contributed by atoms with van der Waals surface area (Å²) in [5.74, 6) is -0.395. The molecule has 0 bridgehead atoms. The number of nitrogens with zero attached hydrogens (tertiary/aromatic N) is 1. The van der Waals surface area contributed by atoms with Crippen molar-refractivity contribution in [1.82, 2.24) is 9.88 Å². The smallest absolute Gasteiger partial charge is 0.311 e. The van der Waals surface area contributed by atoms with Gasteiger partial charge in [0.05, 0.1) is 17.9 Å². The van der Waals surface area contributed by atoms with Gasteiger partial charge in [0.1, 0.15) is 0 Å². The van der Waals surface area contributed by atoms with Crippen molar-refractivity contribution in [2.45, 2.75) is 31.9 Å². The molecule has 1 unspecified atom stereocenters. The lowest BCUT2D eigenvalue weighted by molar-refractivity contribution is -0.166. The van der Waals surface area contributed by atoms with Gasteiger partial charge in [-0.2, -0.15) is 0 Å². The SMILES string of the molecule is O=C(OC1c2[nH]c3ccc(Cl)cc3c2CCN1C(=O)c1ccco1)C1CCC1. The van der Waals surface area contributed by atoms with Crippen molar-refractivity contribution in [3.63, 3.8) is 0 Å². The minimum absolute atomic E-state index is 0.0789. The second-order valence-electron chi connectivity index (χ2n) is 7.35. The van der Waals surface area contributed by atoms with E-state index in [0.29, 0.717) is 18.0 Å². The van der Waals surface area contributed by atoms with E-state index in [9.17, 15) is 9.59 Å². The molecule has 1 aliphatic heterocycles. The third kappa shape index (κ3) is 2.79. The average molecular weight is 399 g/mol. The normalized spacial score (nSPS) is 19.3. The van der Waals surface area contributed by atoms with Gasteiger partial charge in [0, 0.05) is 22.5 Å².